The van der Waals surface area contributed by atoms with Gasteiger partial charge >= 0.3 is 0 Å². The Kier molecular flexibility index (Phi) is 5.65. The van der Waals surface area contributed by atoms with Crippen LogP contribution < -0.4 is 4.74 Å². The molecule has 26 heavy (non-hydrogen) atoms. The van der Waals surface area contributed by atoms with Crippen LogP contribution in [-0.4, -0.2) is 52.6 Å². The smallest absolute Gasteiger partial charge is 0.181 e. The van der Waals surface area contributed by atoms with Gasteiger partial charge in [0.1, 0.15) is 5.75 Å². The molecule has 0 fully saturated rings. The summed E-state index contributed by atoms with van der Waals surface area (Å²) in [5.41, 5.74) is 3.11. The highest BCUT2D eigenvalue weighted by Gasteiger charge is 2.14. The van der Waals surface area contributed by atoms with Crippen LogP contribution in [0, 0.1) is 0 Å². The van der Waals surface area contributed by atoms with Crippen molar-refractivity contribution in [3.8, 4) is 28.5 Å². The molecule has 0 radical (unpaired) electrons. The number of aliphatic hydroxyl groups is 1. The van der Waals surface area contributed by atoms with E-state index in [1.165, 1.54) is 5.56 Å². The first-order valence-corrected chi connectivity index (χ1v) is 8.55. The van der Waals surface area contributed by atoms with Crippen LogP contribution in [0.3, 0.4) is 0 Å². The molecule has 0 spiro atoms. The summed E-state index contributed by atoms with van der Waals surface area (Å²) >= 11 is 0. The van der Waals surface area contributed by atoms with Crippen molar-refractivity contribution < 1.29 is 9.84 Å². The van der Waals surface area contributed by atoms with Crippen molar-refractivity contribution in [2.24, 2.45) is 0 Å². The Balaban J connectivity index is 1.98. The third kappa shape index (κ3) is 4.09. The maximum atomic E-state index is 9.38. The first kappa shape index (κ1) is 18.1. The molecule has 0 saturated heterocycles. The molecule has 3 aromatic rings. The number of rotatable bonds is 7. The Bertz CT molecular complexity index is 857. The van der Waals surface area contributed by atoms with Crippen molar-refractivity contribution in [3.63, 3.8) is 0 Å². The van der Waals surface area contributed by atoms with Crippen molar-refractivity contribution in [1.29, 1.82) is 0 Å². The van der Waals surface area contributed by atoms with Crippen molar-refractivity contribution >= 4 is 0 Å². The van der Waals surface area contributed by atoms with Gasteiger partial charge in [0.2, 0.25) is 0 Å². The van der Waals surface area contributed by atoms with E-state index in [0.29, 0.717) is 12.4 Å². The van der Waals surface area contributed by atoms with E-state index in [-0.39, 0.29) is 6.61 Å². The molecule has 1 aromatic heterocycles. The number of ether oxygens (including phenoxy) is 1. The second kappa shape index (κ2) is 8.12. The second-order valence-corrected chi connectivity index (χ2v) is 6.37. The monoisotopic (exact) mass is 352 g/mol. The first-order chi connectivity index (χ1) is 12.6. The summed E-state index contributed by atoms with van der Waals surface area (Å²) in [6.07, 6.45) is 0. The zero-order chi connectivity index (χ0) is 18.5. The van der Waals surface area contributed by atoms with Gasteiger partial charge in [0.15, 0.2) is 11.6 Å². The highest BCUT2D eigenvalue weighted by atomic mass is 16.5. The fraction of sp³-hybridized carbons (Fsp3) is 0.300. The fourth-order valence-corrected chi connectivity index (χ4v) is 2.84. The van der Waals surface area contributed by atoms with Crippen LogP contribution in [0.4, 0.5) is 0 Å². The van der Waals surface area contributed by atoms with Crippen LogP contribution in [0.2, 0.25) is 0 Å². The zero-order valence-corrected chi connectivity index (χ0v) is 15.4. The van der Waals surface area contributed by atoms with Gasteiger partial charge in [0.25, 0.3) is 0 Å². The van der Waals surface area contributed by atoms with Crippen LogP contribution in [0.1, 0.15) is 5.56 Å². The van der Waals surface area contributed by atoms with E-state index in [1.807, 2.05) is 50.5 Å². The van der Waals surface area contributed by atoms with Gasteiger partial charge in [0.05, 0.1) is 20.3 Å². The van der Waals surface area contributed by atoms with Gasteiger partial charge in [-0.3, -0.25) is 0 Å². The molecule has 6 nitrogen and oxygen atoms in total. The number of aromatic nitrogens is 3. The van der Waals surface area contributed by atoms with Crippen LogP contribution in [0.25, 0.3) is 22.8 Å². The Morgan fingerprint density at radius 2 is 1.85 bits per heavy atom. The van der Waals surface area contributed by atoms with Crippen molar-refractivity contribution in [3.05, 3.63) is 54.1 Å². The third-order valence-corrected chi connectivity index (χ3v) is 4.02. The van der Waals surface area contributed by atoms with Gasteiger partial charge < -0.3 is 14.7 Å². The molecule has 0 bridgehead atoms. The predicted molar refractivity (Wildman–Crippen MR) is 102 cm³/mol. The Morgan fingerprint density at radius 1 is 1.08 bits per heavy atom. The lowest BCUT2D eigenvalue weighted by molar-refractivity contribution is 0.270. The summed E-state index contributed by atoms with van der Waals surface area (Å²) in [6.45, 7) is 1.26. The van der Waals surface area contributed by atoms with E-state index in [1.54, 1.807) is 11.8 Å². The number of hydrogen-bond donors (Lipinski definition) is 1. The SMILES string of the molecule is COc1ccc(-c2nc(-c3cccc(CN(C)C)c3)nn2CCO)cc1. The molecule has 6 heteroatoms. The summed E-state index contributed by atoms with van der Waals surface area (Å²) in [7, 11) is 5.73. The van der Waals surface area contributed by atoms with Crippen molar-refractivity contribution in [1.82, 2.24) is 19.7 Å². The normalized spacial score (nSPS) is 11.1. The highest BCUT2D eigenvalue weighted by molar-refractivity contribution is 5.62. The minimum absolute atomic E-state index is 0.00657. The number of nitrogens with zero attached hydrogens (tertiary/aromatic N) is 4. The topological polar surface area (TPSA) is 63.4 Å². The summed E-state index contributed by atoms with van der Waals surface area (Å²) in [6, 6.07) is 15.9. The average molecular weight is 352 g/mol. The standard InChI is InChI=1S/C20H24N4O2/c1-23(2)14-15-5-4-6-17(13-15)19-21-20(24(22-19)11-12-25)16-7-9-18(26-3)10-8-16/h4-10,13,25H,11-12,14H2,1-3H3. The molecule has 0 aliphatic carbocycles. The number of aliphatic hydroxyl groups excluding tert-OH is 1. The van der Waals surface area contributed by atoms with E-state index >= 15 is 0 Å². The quantitative estimate of drug-likeness (QED) is 0.708. The van der Waals surface area contributed by atoms with Crippen LogP contribution >= 0.6 is 0 Å². The molecule has 3 rings (SSSR count). The average Bonchev–Trinajstić information content (AvgIpc) is 3.06. The summed E-state index contributed by atoms with van der Waals surface area (Å²) in [5, 5.41) is 14.0. The van der Waals surface area contributed by atoms with Gasteiger partial charge in [-0.2, -0.15) is 5.10 Å². The lowest BCUT2D eigenvalue weighted by atomic mass is 10.1. The van der Waals surface area contributed by atoms with Gasteiger partial charge in [-0.25, -0.2) is 9.67 Å². The fourth-order valence-electron chi connectivity index (χ4n) is 2.84. The van der Waals surface area contributed by atoms with E-state index < -0.39 is 0 Å². The zero-order valence-electron chi connectivity index (χ0n) is 15.4. The Labute approximate surface area is 153 Å². The molecule has 0 saturated carbocycles. The Hall–Kier alpha value is -2.70. The molecule has 0 unspecified atom stereocenters. The van der Waals surface area contributed by atoms with Crippen molar-refractivity contribution in [2.75, 3.05) is 27.8 Å². The molecule has 0 aliphatic rings. The summed E-state index contributed by atoms with van der Waals surface area (Å²) < 4.78 is 6.96. The minimum Gasteiger partial charge on any atom is -0.497 e. The summed E-state index contributed by atoms with van der Waals surface area (Å²) in [4.78, 5) is 6.86. The lowest BCUT2D eigenvalue weighted by Gasteiger charge is -2.09. The largest absolute Gasteiger partial charge is 0.497 e. The van der Waals surface area contributed by atoms with Crippen LogP contribution in [-0.2, 0) is 13.1 Å². The van der Waals surface area contributed by atoms with Gasteiger partial charge in [-0.1, -0.05) is 18.2 Å². The third-order valence-electron chi connectivity index (χ3n) is 4.02. The maximum Gasteiger partial charge on any atom is 0.181 e. The molecule has 0 amide bonds. The number of hydrogen-bond acceptors (Lipinski definition) is 5. The van der Waals surface area contributed by atoms with Gasteiger partial charge in [-0.05, 0) is 50.0 Å². The second-order valence-electron chi connectivity index (χ2n) is 6.37. The number of methoxy groups -OCH3 is 1. The molecule has 0 aliphatic heterocycles. The van der Waals surface area contributed by atoms with Crippen LogP contribution in [0.5, 0.6) is 5.75 Å². The lowest BCUT2D eigenvalue weighted by Crippen LogP contribution is -2.10. The molecule has 136 valence electrons. The molecule has 2 aromatic carbocycles. The highest BCUT2D eigenvalue weighted by Crippen LogP contribution is 2.25. The van der Waals surface area contributed by atoms with Crippen LogP contribution in [0.15, 0.2) is 48.5 Å². The van der Waals surface area contributed by atoms with Crippen molar-refractivity contribution in [2.45, 2.75) is 13.1 Å². The van der Waals surface area contributed by atoms with Gasteiger partial charge in [-0.15, -0.1) is 0 Å². The van der Waals surface area contributed by atoms with E-state index in [2.05, 4.69) is 22.1 Å². The number of benzene rings is 2. The molecule has 0 atom stereocenters. The first-order valence-electron chi connectivity index (χ1n) is 8.55. The van der Waals surface area contributed by atoms with Gasteiger partial charge in [0, 0.05) is 17.7 Å². The van der Waals surface area contributed by atoms with E-state index in [0.717, 1.165) is 29.2 Å². The maximum absolute atomic E-state index is 9.38. The molecular weight excluding hydrogens is 328 g/mol. The molecule has 1 heterocycles. The summed E-state index contributed by atoms with van der Waals surface area (Å²) in [5.74, 6) is 2.18. The van der Waals surface area contributed by atoms with E-state index in [4.69, 9.17) is 9.72 Å². The minimum atomic E-state index is 0.00657. The van der Waals surface area contributed by atoms with E-state index in [9.17, 15) is 5.11 Å². The molecule has 1 N–H and O–H groups in total. The predicted octanol–water partition coefficient (Wildman–Crippen LogP) is 2.67. The Morgan fingerprint density at radius 3 is 2.50 bits per heavy atom. The molecular formula is C20H24N4O2.